The van der Waals surface area contributed by atoms with Crippen molar-refractivity contribution in [2.45, 2.75) is 110 Å². The number of benzene rings is 1. The molecule has 0 saturated carbocycles. The number of halogens is 1. The van der Waals surface area contributed by atoms with Gasteiger partial charge in [-0.25, -0.2) is 13.9 Å². The summed E-state index contributed by atoms with van der Waals surface area (Å²) in [4.78, 5) is 24.3. The topological polar surface area (TPSA) is 112 Å². The number of carbonyl (C=O) groups is 1. The Hall–Kier alpha value is -3.34. The molecule has 2 aliphatic heterocycles. The lowest BCUT2D eigenvalue weighted by molar-refractivity contribution is 0.0197. The van der Waals surface area contributed by atoms with Crippen LogP contribution in [0, 0.1) is 5.82 Å². The lowest BCUT2D eigenvalue weighted by Gasteiger charge is -2.24. The Labute approximate surface area is 297 Å². The van der Waals surface area contributed by atoms with Crippen LogP contribution >= 0.6 is 0 Å². The van der Waals surface area contributed by atoms with Gasteiger partial charge in [0.25, 0.3) is 0 Å². The molecule has 1 saturated heterocycles. The minimum atomic E-state index is -1.29. The highest BCUT2D eigenvalue weighted by atomic mass is 28.3. The predicted octanol–water partition coefficient (Wildman–Crippen LogP) is 7.14. The average Bonchev–Trinajstić information content (AvgIpc) is 3.69. The molecule has 0 spiro atoms. The number of aliphatic imine (C=N–C) groups is 1. The smallest absolute Gasteiger partial charge is 0.410 e. The summed E-state index contributed by atoms with van der Waals surface area (Å²) in [5, 5.41) is 8.47. The first-order chi connectivity index (χ1) is 23.4. The molecule has 5 rings (SSSR count). The number of amidine groups is 1. The van der Waals surface area contributed by atoms with E-state index in [-0.39, 0.29) is 37.5 Å². The van der Waals surface area contributed by atoms with E-state index in [1.54, 1.807) is 17.2 Å². The average molecular weight is 727 g/mol. The van der Waals surface area contributed by atoms with Gasteiger partial charge in [0, 0.05) is 54.2 Å². The van der Waals surface area contributed by atoms with Crippen molar-refractivity contribution in [3.05, 3.63) is 41.5 Å². The van der Waals surface area contributed by atoms with Crippen molar-refractivity contribution in [3.63, 3.8) is 0 Å². The zero-order chi connectivity index (χ0) is 36.4. The summed E-state index contributed by atoms with van der Waals surface area (Å²) in [6.45, 7) is 23.9. The van der Waals surface area contributed by atoms with Crippen molar-refractivity contribution in [2.75, 3.05) is 33.1 Å². The molecule has 2 aromatic heterocycles. The summed E-state index contributed by atoms with van der Waals surface area (Å²) in [6.07, 6.45) is 2.10. The number of amides is 1. The first-order valence-corrected chi connectivity index (χ1v) is 25.1. The van der Waals surface area contributed by atoms with Gasteiger partial charge in [-0.1, -0.05) is 46.2 Å². The molecule has 2 atom stereocenters. The number of nitrogens with zero attached hydrogens (tertiary/aromatic N) is 5. The zero-order valence-corrected chi connectivity index (χ0v) is 33.5. The standard InChI is InChI=1S/C36H55FN6O5Si2/c1-11-24-17-31(47-23-46-13-15-50(8,9)10)27(37)18-26(24)25-16-28-32(38-19-25)33(43(41-28)22-45-12-14-49(5,6)7)34-39-29-20-42(21-30(29)40-34)35(44)48-36(2,3)4/h16-19,29-30H,11-15,20-23H2,1-10H3,(H,39,40). The van der Waals surface area contributed by atoms with E-state index in [1.165, 1.54) is 6.07 Å². The molecular formula is C36H55FN6O5Si2. The SMILES string of the molecule is CCc1cc(OCOCC[Si](C)(C)C)c(F)cc1-c1cnc2c(C3=NC4CN(C(=O)OC(C)(C)C)CC4N3)n(COCC[Si](C)(C)C)nc2c1. The van der Waals surface area contributed by atoms with Gasteiger partial charge in [-0.05, 0) is 68.6 Å². The molecule has 0 bridgehead atoms. The highest BCUT2D eigenvalue weighted by molar-refractivity contribution is 6.76. The fraction of sp³-hybridized carbons (Fsp3) is 0.611. The van der Waals surface area contributed by atoms with Crippen molar-refractivity contribution in [1.82, 2.24) is 25.0 Å². The molecule has 4 heterocycles. The second-order valence-corrected chi connectivity index (χ2v) is 28.0. The predicted molar refractivity (Wildman–Crippen MR) is 201 cm³/mol. The zero-order valence-electron chi connectivity index (χ0n) is 31.5. The number of likely N-dealkylation sites (tertiary alicyclic amines) is 1. The van der Waals surface area contributed by atoms with Crippen molar-refractivity contribution in [3.8, 4) is 16.9 Å². The van der Waals surface area contributed by atoms with E-state index >= 15 is 4.39 Å². The maximum absolute atomic E-state index is 15.4. The molecule has 1 amide bonds. The van der Waals surface area contributed by atoms with E-state index in [1.807, 2.05) is 38.4 Å². The quantitative estimate of drug-likeness (QED) is 0.106. The number of rotatable bonds is 14. The van der Waals surface area contributed by atoms with Crippen LogP contribution in [0.4, 0.5) is 9.18 Å². The Balaban J connectivity index is 1.40. The summed E-state index contributed by atoms with van der Waals surface area (Å²) in [6, 6.07) is 7.09. The molecule has 1 aromatic carbocycles. The van der Waals surface area contributed by atoms with Crippen LogP contribution in [0.2, 0.25) is 51.4 Å². The van der Waals surface area contributed by atoms with Crippen LogP contribution in [0.5, 0.6) is 5.75 Å². The Morgan fingerprint density at radius 2 is 1.72 bits per heavy atom. The van der Waals surface area contributed by atoms with Crippen LogP contribution < -0.4 is 10.1 Å². The number of hydrogen-bond donors (Lipinski definition) is 1. The summed E-state index contributed by atoms with van der Waals surface area (Å²) < 4.78 is 40.3. The fourth-order valence-corrected chi connectivity index (χ4v) is 7.38. The molecule has 1 fully saturated rings. The summed E-state index contributed by atoms with van der Waals surface area (Å²) in [7, 11) is -2.51. The third-order valence-electron chi connectivity index (χ3n) is 8.71. The van der Waals surface area contributed by atoms with E-state index < -0.39 is 27.6 Å². The summed E-state index contributed by atoms with van der Waals surface area (Å²) in [5.41, 5.74) is 3.92. The number of nitrogens with one attached hydrogen (secondary N) is 1. The molecule has 14 heteroatoms. The second kappa shape index (κ2) is 15.1. The Bertz CT molecular complexity index is 1710. The van der Waals surface area contributed by atoms with Gasteiger partial charge in [0.05, 0.1) is 12.1 Å². The van der Waals surface area contributed by atoms with E-state index in [9.17, 15) is 4.79 Å². The van der Waals surface area contributed by atoms with Crippen LogP contribution in [-0.2, 0) is 27.4 Å². The Morgan fingerprint density at radius 1 is 1.02 bits per heavy atom. The molecular weight excluding hydrogens is 672 g/mol. The van der Waals surface area contributed by atoms with Crippen LogP contribution in [0.15, 0.2) is 29.4 Å². The highest BCUT2D eigenvalue weighted by Crippen LogP contribution is 2.33. The van der Waals surface area contributed by atoms with Gasteiger partial charge in [0.15, 0.2) is 18.4 Å². The molecule has 0 aliphatic carbocycles. The lowest BCUT2D eigenvalue weighted by atomic mass is 9.98. The van der Waals surface area contributed by atoms with Crippen molar-refractivity contribution in [2.24, 2.45) is 4.99 Å². The van der Waals surface area contributed by atoms with Gasteiger partial charge in [-0.15, -0.1) is 0 Å². The van der Waals surface area contributed by atoms with Gasteiger partial charge in [-0.2, -0.15) is 5.10 Å². The van der Waals surface area contributed by atoms with Crippen molar-refractivity contribution in [1.29, 1.82) is 0 Å². The minimum absolute atomic E-state index is 0.0102. The summed E-state index contributed by atoms with van der Waals surface area (Å²) in [5.74, 6) is 0.398. The van der Waals surface area contributed by atoms with Gasteiger partial charge < -0.3 is 29.2 Å². The number of carbonyl (C=O) groups excluding carboxylic acids is 1. The van der Waals surface area contributed by atoms with E-state index in [0.29, 0.717) is 49.6 Å². The molecule has 50 heavy (non-hydrogen) atoms. The third kappa shape index (κ3) is 9.71. The van der Waals surface area contributed by atoms with Gasteiger partial charge in [0.2, 0.25) is 0 Å². The first kappa shape index (κ1) is 37.9. The number of ether oxygens (including phenoxy) is 4. The van der Waals surface area contributed by atoms with Gasteiger partial charge in [-0.3, -0.25) is 9.98 Å². The molecule has 3 aromatic rings. The fourth-order valence-electron chi connectivity index (χ4n) is 5.87. The first-order valence-electron chi connectivity index (χ1n) is 17.7. The minimum Gasteiger partial charge on any atom is -0.464 e. The van der Waals surface area contributed by atoms with E-state index in [4.69, 9.17) is 34.0 Å². The molecule has 0 radical (unpaired) electrons. The highest BCUT2D eigenvalue weighted by Gasteiger charge is 2.42. The van der Waals surface area contributed by atoms with Gasteiger partial charge >= 0.3 is 6.09 Å². The number of fused-ring (bicyclic) bond motifs is 2. The molecule has 2 aliphatic rings. The number of aromatic nitrogens is 3. The summed E-state index contributed by atoms with van der Waals surface area (Å²) >= 11 is 0. The number of pyridine rings is 1. The Kier molecular flexibility index (Phi) is 11.4. The number of hydrogen-bond acceptors (Lipinski definition) is 9. The third-order valence-corrected chi connectivity index (χ3v) is 12.1. The van der Waals surface area contributed by atoms with Crippen LogP contribution in [0.3, 0.4) is 0 Å². The van der Waals surface area contributed by atoms with Crippen LogP contribution in [0.1, 0.15) is 39.0 Å². The van der Waals surface area contributed by atoms with Crippen LogP contribution in [-0.4, -0.2) is 98.5 Å². The maximum atomic E-state index is 15.4. The van der Waals surface area contributed by atoms with E-state index in [0.717, 1.165) is 34.5 Å². The van der Waals surface area contributed by atoms with E-state index in [2.05, 4.69) is 44.6 Å². The van der Waals surface area contributed by atoms with Crippen molar-refractivity contribution < 1.29 is 28.1 Å². The normalized spacial score (nSPS) is 18.0. The molecule has 274 valence electrons. The largest absolute Gasteiger partial charge is 0.464 e. The Morgan fingerprint density at radius 3 is 2.36 bits per heavy atom. The van der Waals surface area contributed by atoms with Crippen molar-refractivity contribution >= 4 is 39.1 Å². The lowest BCUT2D eigenvalue weighted by Crippen LogP contribution is -2.40. The van der Waals surface area contributed by atoms with Gasteiger partial charge in [0.1, 0.15) is 34.9 Å². The second-order valence-electron chi connectivity index (χ2n) is 16.7. The molecule has 2 unspecified atom stereocenters. The monoisotopic (exact) mass is 726 g/mol. The molecule has 1 N–H and O–H groups in total. The molecule has 11 nitrogen and oxygen atoms in total. The maximum Gasteiger partial charge on any atom is 0.410 e. The number of aryl methyl sites for hydroxylation is 1. The van der Waals surface area contributed by atoms with Crippen LogP contribution in [0.25, 0.3) is 22.2 Å².